The summed E-state index contributed by atoms with van der Waals surface area (Å²) in [6.45, 7) is 7.87. The van der Waals surface area contributed by atoms with Crippen LogP contribution in [0, 0.1) is 6.92 Å². The van der Waals surface area contributed by atoms with Crippen molar-refractivity contribution in [1.29, 1.82) is 0 Å². The van der Waals surface area contributed by atoms with E-state index in [1.807, 2.05) is 20.8 Å². The first kappa shape index (κ1) is 19.6. The van der Waals surface area contributed by atoms with Crippen molar-refractivity contribution in [3.8, 4) is 0 Å². The lowest BCUT2D eigenvalue weighted by Gasteiger charge is -2.28. The molecule has 0 amide bonds. The Morgan fingerprint density at radius 2 is 1.86 bits per heavy atom. The van der Waals surface area contributed by atoms with Crippen molar-refractivity contribution in [1.82, 2.24) is 9.97 Å². The number of piperidine rings is 1. The van der Waals surface area contributed by atoms with Gasteiger partial charge < -0.3 is 15.0 Å². The minimum Gasteiger partial charge on any atom is -0.459 e. The number of nitrogens with one attached hydrogen (secondary N) is 1. The van der Waals surface area contributed by atoms with Crippen LogP contribution in [0.5, 0.6) is 0 Å². The summed E-state index contributed by atoms with van der Waals surface area (Å²) in [6, 6.07) is 8.46. The van der Waals surface area contributed by atoms with E-state index in [0.29, 0.717) is 10.7 Å². The predicted molar refractivity (Wildman–Crippen MR) is 118 cm³/mol. The SMILES string of the molecule is Cc1c(C(=O)OC(C)C)sc2ncnc(Nc3ccc(N4CCCCC4)cc3)c12. The average molecular weight is 411 g/mol. The smallest absolute Gasteiger partial charge is 0.348 e. The average Bonchev–Trinajstić information content (AvgIpc) is 3.06. The molecular formula is C22H26N4O2S. The standard InChI is InChI=1S/C22H26N4O2S/c1-14(2)28-22(27)19-15(3)18-20(23-13-24-21(18)29-19)25-16-7-9-17(10-8-16)26-11-5-4-6-12-26/h7-10,13-14H,4-6,11-12H2,1-3H3,(H,23,24,25). The van der Waals surface area contributed by atoms with Gasteiger partial charge >= 0.3 is 5.97 Å². The Morgan fingerprint density at radius 3 is 2.55 bits per heavy atom. The molecule has 2 aromatic heterocycles. The first-order valence-corrected chi connectivity index (χ1v) is 10.9. The number of rotatable bonds is 5. The lowest BCUT2D eigenvalue weighted by Crippen LogP contribution is -2.29. The number of esters is 1. The van der Waals surface area contributed by atoms with Gasteiger partial charge in [0.15, 0.2) is 0 Å². The normalized spacial score (nSPS) is 14.4. The molecule has 6 nitrogen and oxygen atoms in total. The fourth-order valence-corrected chi connectivity index (χ4v) is 4.70. The van der Waals surface area contributed by atoms with Crippen LogP contribution in [0.25, 0.3) is 10.2 Å². The second-order valence-corrected chi connectivity index (χ2v) is 8.63. The molecule has 0 unspecified atom stereocenters. The number of carbonyl (C=O) groups excluding carboxylic acids is 1. The highest BCUT2D eigenvalue weighted by atomic mass is 32.1. The molecule has 29 heavy (non-hydrogen) atoms. The summed E-state index contributed by atoms with van der Waals surface area (Å²) >= 11 is 1.35. The zero-order chi connectivity index (χ0) is 20.4. The molecule has 0 bridgehead atoms. The molecule has 1 aliphatic rings. The molecule has 1 saturated heterocycles. The lowest BCUT2D eigenvalue weighted by molar-refractivity contribution is 0.0383. The van der Waals surface area contributed by atoms with E-state index in [9.17, 15) is 4.79 Å². The van der Waals surface area contributed by atoms with Crippen LogP contribution in [0.2, 0.25) is 0 Å². The Morgan fingerprint density at radius 1 is 1.14 bits per heavy atom. The molecular weight excluding hydrogens is 384 g/mol. The summed E-state index contributed by atoms with van der Waals surface area (Å²) in [4.78, 5) is 25.0. The van der Waals surface area contributed by atoms with E-state index in [-0.39, 0.29) is 12.1 Å². The van der Waals surface area contributed by atoms with Crippen LogP contribution in [-0.4, -0.2) is 35.1 Å². The van der Waals surface area contributed by atoms with Crippen LogP contribution in [0.1, 0.15) is 48.3 Å². The number of ether oxygens (including phenoxy) is 1. The monoisotopic (exact) mass is 410 g/mol. The van der Waals surface area contributed by atoms with Gasteiger partial charge in [0.2, 0.25) is 0 Å². The summed E-state index contributed by atoms with van der Waals surface area (Å²) in [5, 5.41) is 4.26. The van der Waals surface area contributed by atoms with E-state index < -0.39 is 0 Å². The van der Waals surface area contributed by atoms with Crippen molar-refractivity contribution < 1.29 is 9.53 Å². The van der Waals surface area contributed by atoms with Crippen LogP contribution < -0.4 is 10.2 Å². The van der Waals surface area contributed by atoms with Crippen LogP contribution in [0.4, 0.5) is 17.2 Å². The number of carbonyl (C=O) groups is 1. The largest absolute Gasteiger partial charge is 0.459 e. The van der Waals surface area contributed by atoms with Crippen LogP contribution in [-0.2, 0) is 4.74 Å². The van der Waals surface area contributed by atoms with Gasteiger partial charge in [-0.25, -0.2) is 14.8 Å². The van der Waals surface area contributed by atoms with Crippen LogP contribution in [0.3, 0.4) is 0 Å². The lowest BCUT2D eigenvalue weighted by atomic mass is 10.1. The predicted octanol–water partition coefficient (Wildman–Crippen LogP) is 5.30. The fourth-order valence-electron chi connectivity index (χ4n) is 3.67. The van der Waals surface area contributed by atoms with E-state index in [2.05, 4.69) is 44.5 Å². The summed E-state index contributed by atoms with van der Waals surface area (Å²) in [5.41, 5.74) is 3.07. The zero-order valence-electron chi connectivity index (χ0n) is 17.1. The third kappa shape index (κ3) is 4.19. The zero-order valence-corrected chi connectivity index (χ0v) is 17.9. The molecule has 152 valence electrons. The summed E-state index contributed by atoms with van der Waals surface area (Å²) in [6.07, 6.45) is 5.22. The Bertz CT molecular complexity index is 1010. The molecule has 4 rings (SSSR count). The topological polar surface area (TPSA) is 67.3 Å². The van der Waals surface area contributed by atoms with Crippen molar-refractivity contribution in [2.24, 2.45) is 0 Å². The quantitative estimate of drug-likeness (QED) is 0.576. The molecule has 1 N–H and O–H groups in total. The fraction of sp³-hybridized carbons (Fsp3) is 0.409. The number of nitrogens with zero attached hydrogens (tertiary/aromatic N) is 3. The van der Waals surface area contributed by atoms with Crippen molar-refractivity contribution >= 4 is 44.7 Å². The van der Waals surface area contributed by atoms with Gasteiger partial charge in [0.1, 0.15) is 21.9 Å². The van der Waals surface area contributed by atoms with E-state index in [0.717, 1.165) is 34.6 Å². The summed E-state index contributed by atoms with van der Waals surface area (Å²) < 4.78 is 5.37. The number of aryl methyl sites for hydroxylation is 1. The van der Waals surface area contributed by atoms with Gasteiger partial charge in [-0.05, 0) is 69.9 Å². The molecule has 1 fully saturated rings. The summed E-state index contributed by atoms with van der Waals surface area (Å²) in [5.74, 6) is 0.399. The Labute approximate surface area is 174 Å². The first-order chi connectivity index (χ1) is 14.0. The van der Waals surface area contributed by atoms with Crippen molar-refractivity contribution in [3.05, 3.63) is 41.0 Å². The number of hydrogen-bond donors (Lipinski definition) is 1. The van der Waals surface area contributed by atoms with Crippen LogP contribution >= 0.6 is 11.3 Å². The highest BCUT2D eigenvalue weighted by Gasteiger charge is 2.21. The first-order valence-electron chi connectivity index (χ1n) is 10.1. The van der Waals surface area contributed by atoms with E-state index in [1.54, 1.807) is 0 Å². The van der Waals surface area contributed by atoms with Gasteiger partial charge in [-0.1, -0.05) is 0 Å². The van der Waals surface area contributed by atoms with Gasteiger partial charge in [0, 0.05) is 24.5 Å². The number of benzene rings is 1. The number of hydrogen-bond acceptors (Lipinski definition) is 7. The van der Waals surface area contributed by atoms with Gasteiger partial charge in [0.25, 0.3) is 0 Å². The summed E-state index contributed by atoms with van der Waals surface area (Å²) in [7, 11) is 0. The highest BCUT2D eigenvalue weighted by Crippen LogP contribution is 2.35. The third-order valence-electron chi connectivity index (χ3n) is 5.11. The van der Waals surface area contributed by atoms with E-state index in [1.165, 1.54) is 42.6 Å². The molecule has 0 spiro atoms. The maximum Gasteiger partial charge on any atom is 0.348 e. The molecule has 1 aliphatic heterocycles. The second kappa shape index (κ2) is 8.37. The molecule has 7 heteroatoms. The molecule has 0 aliphatic carbocycles. The van der Waals surface area contributed by atoms with E-state index in [4.69, 9.17) is 4.74 Å². The van der Waals surface area contributed by atoms with Crippen molar-refractivity contribution in [3.63, 3.8) is 0 Å². The second-order valence-electron chi connectivity index (χ2n) is 7.63. The molecule has 0 saturated carbocycles. The Kier molecular flexibility index (Phi) is 5.67. The minimum atomic E-state index is -0.308. The maximum atomic E-state index is 12.4. The number of anilines is 3. The van der Waals surface area contributed by atoms with Gasteiger partial charge in [-0.3, -0.25) is 0 Å². The van der Waals surface area contributed by atoms with E-state index >= 15 is 0 Å². The molecule has 3 heterocycles. The number of fused-ring (bicyclic) bond motifs is 1. The van der Waals surface area contributed by atoms with Gasteiger partial charge in [0.05, 0.1) is 11.5 Å². The molecule has 3 aromatic rings. The minimum absolute atomic E-state index is 0.158. The number of thiophene rings is 1. The molecule has 0 atom stereocenters. The Balaban J connectivity index is 1.59. The van der Waals surface area contributed by atoms with Gasteiger partial charge in [-0.2, -0.15) is 0 Å². The van der Waals surface area contributed by atoms with Crippen LogP contribution in [0.15, 0.2) is 30.6 Å². The van der Waals surface area contributed by atoms with Gasteiger partial charge in [-0.15, -0.1) is 11.3 Å². The number of aromatic nitrogens is 2. The van der Waals surface area contributed by atoms with Crippen molar-refractivity contribution in [2.75, 3.05) is 23.3 Å². The highest BCUT2D eigenvalue weighted by molar-refractivity contribution is 7.20. The Hall–Kier alpha value is -2.67. The maximum absolute atomic E-state index is 12.4. The molecule has 0 radical (unpaired) electrons. The molecule has 1 aromatic carbocycles. The van der Waals surface area contributed by atoms with Crippen molar-refractivity contribution in [2.45, 2.75) is 46.1 Å². The third-order valence-corrected chi connectivity index (χ3v) is 6.29.